The summed E-state index contributed by atoms with van der Waals surface area (Å²) in [5, 5.41) is 3.46. The minimum atomic E-state index is 0.633. The van der Waals surface area contributed by atoms with E-state index in [0.717, 1.165) is 19.6 Å². The van der Waals surface area contributed by atoms with Crippen LogP contribution < -0.4 is 5.32 Å². The van der Waals surface area contributed by atoms with E-state index < -0.39 is 0 Å². The number of hydrogen-bond acceptors (Lipinski definition) is 2. The summed E-state index contributed by atoms with van der Waals surface area (Å²) in [5.74, 6) is 0. The lowest BCUT2D eigenvalue weighted by atomic mass is 10.1. The average Bonchev–Trinajstić information content (AvgIpc) is 2.25. The molecule has 0 radical (unpaired) electrons. The molecule has 0 bridgehead atoms. The van der Waals surface area contributed by atoms with Crippen molar-refractivity contribution in [2.45, 2.75) is 32.5 Å². The van der Waals surface area contributed by atoms with E-state index in [1.807, 2.05) is 0 Å². The number of benzene rings is 1. The van der Waals surface area contributed by atoms with E-state index in [9.17, 15) is 0 Å². The summed E-state index contributed by atoms with van der Waals surface area (Å²) in [5.41, 5.74) is 1.41. The molecule has 1 aromatic carbocycles. The lowest BCUT2D eigenvalue weighted by molar-refractivity contribution is 0.109. The molecule has 1 fully saturated rings. The molecular formula is C13H20N2. The van der Waals surface area contributed by atoms with Crippen LogP contribution in [-0.4, -0.2) is 30.1 Å². The van der Waals surface area contributed by atoms with Crippen LogP contribution in [0.4, 0.5) is 0 Å². The molecule has 1 heterocycles. The van der Waals surface area contributed by atoms with Crippen LogP contribution in [0.1, 0.15) is 19.4 Å². The largest absolute Gasteiger partial charge is 0.314 e. The zero-order valence-corrected chi connectivity index (χ0v) is 9.61. The number of hydrogen-bond donors (Lipinski definition) is 1. The van der Waals surface area contributed by atoms with Gasteiger partial charge in [-0.3, -0.25) is 4.90 Å². The third-order valence-electron chi connectivity index (χ3n) is 3.22. The van der Waals surface area contributed by atoms with E-state index in [0.29, 0.717) is 12.1 Å². The Morgan fingerprint density at radius 3 is 2.33 bits per heavy atom. The molecule has 2 atom stereocenters. The Morgan fingerprint density at radius 2 is 1.73 bits per heavy atom. The van der Waals surface area contributed by atoms with Gasteiger partial charge in [0.1, 0.15) is 0 Å². The summed E-state index contributed by atoms with van der Waals surface area (Å²) in [6.45, 7) is 7.89. The third-order valence-corrected chi connectivity index (χ3v) is 3.22. The Balaban J connectivity index is 2.03. The van der Waals surface area contributed by atoms with Crippen LogP contribution in [0.15, 0.2) is 30.3 Å². The Morgan fingerprint density at radius 1 is 1.13 bits per heavy atom. The average molecular weight is 204 g/mol. The molecule has 82 valence electrons. The maximum Gasteiger partial charge on any atom is 0.0240 e. The van der Waals surface area contributed by atoms with Crippen LogP contribution in [0.2, 0.25) is 0 Å². The number of piperazine rings is 1. The summed E-state index contributed by atoms with van der Waals surface area (Å²) in [7, 11) is 0. The third kappa shape index (κ3) is 2.58. The van der Waals surface area contributed by atoms with Crippen molar-refractivity contribution in [1.82, 2.24) is 10.2 Å². The van der Waals surface area contributed by atoms with E-state index in [1.165, 1.54) is 5.56 Å². The highest BCUT2D eigenvalue weighted by atomic mass is 15.2. The Bertz CT molecular complexity index is 287. The van der Waals surface area contributed by atoms with Crippen molar-refractivity contribution in [1.29, 1.82) is 0 Å². The minimum absolute atomic E-state index is 0.633. The highest BCUT2D eigenvalue weighted by Gasteiger charge is 2.23. The van der Waals surface area contributed by atoms with Crippen molar-refractivity contribution in [3.05, 3.63) is 35.9 Å². The van der Waals surface area contributed by atoms with Crippen LogP contribution in [0.25, 0.3) is 0 Å². The first-order valence-electron chi connectivity index (χ1n) is 5.78. The summed E-state index contributed by atoms with van der Waals surface area (Å²) in [4.78, 5) is 2.58. The van der Waals surface area contributed by atoms with E-state index in [2.05, 4.69) is 54.4 Å². The zero-order chi connectivity index (χ0) is 10.7. The van der Waals surface area contributed by atoms with Crippen LogP contribution in [0.5, 0.6) is 0 Å². The van der Waals surface area contributed by atoms with Gasteiger partial charge in [0.15, 0.2) is 0 Å². The Hall–Kier alpha value is -0.860. The second-order valence-electron chi connectivity index (χ2n) is 4.51. The summed E-state index contributed by atoms with van der Waals surface area (Å²) in [6, 6.07) is 12.0. The second kappa shape index (κ2) is 4.77. The lowest BCUT2D eigenvalue weighted by Crippen LogP contribution is -2.54. The molecule has 1 saturated heterocycles. The highest BCUT2D eigenvalue weighted by Crippen LogP contribution is 2.14. The quantitative estimate of drug-likeness (QED) is 0.791. The standard InChI is InChI=1S/C13H20N2/c1-11-8-14-9-12(2)15(11)10-13-6-4-3-5-7-13/h3-7,11-12,14H,8-10H2,1-2H3/t11-,12?/m1/s1. The van der Waals surface area contributed by atoms with E-state index >= 15 is 0 Å². The summed E-state index contributed by atoms with van der Waals surface area (Å²) >= 11 is 0. The monoisotopic (exact) mass is 204 g/mol. The van der Waals surface area contributed by atoms with Crippen molar-refractivity contribution in [3.8, 4) is 0 Å². The lowest BCUT2D eigenvalue weighted by Gasteiger charge is -2.39. The fraction of sp³-hybridized carbons (Fsp3) is 0.538. The molecular weight excluding hydrogens is 184 g/mol. The summed E-state index contributed by atoms with van der Waals surface area (Å²) in [6.07, 6.45) is 0. The van der Waals surface area contributed by atoms with E-state index in [4.69, 9.17) is 0 Å². The van der Waals surface area contributed by atoms with Gasteiger partial charge in [0, 0.05) is 31.7 Å². The van der Waals surface area contributed by atoms with Crippen LogP contribution >= 0.6 is 0 Å². The fourth-order valence-corrected chi connectivity index (χ4v) is 2.28. The van der Waals surface area contributed by atoms with Gasteiger partial charge < -0.3 is 5.32 Å². The Kier molecular flexibility index (Phi) is 3.39. The molecule has 0 aromatic heterocycles. The van der Waals surface area contributed by atoms with Crippen molar-refractivity contribution in [3.63, 3.8) is 0 Å². The van der Waals surface area contributed by atoms with Gasteiger partial charge >= 0.3 is 0 Å². The molecule has 1 aromatic rings. The fourth-order valence-electron chi connectivity index (χ4n) is 2.28. The van der Waals surface area contributed by atoms with Crippen LogP contribution in [0.3, 0.4) is 0 Å². The predicted molar refractivity (Wildman–Crippen MR) is 63.8 cm³/mol. The molecule has 2 heteroatoms. The molecule has 1 aliphatic rings. The SMILES string of the molecule is CC1CNC[C@@H](C)N1Cc1ccccc1. The number of nitrogens with zero attached hydrogens (tertiary/aromatic N) is 1. The van der Waals surface area contributed by atoms with Gasteiger partial charge in [0.2, 0.25) is 0 Å². The molecule has 15 heavy (non-hydrogen) atoms. The Labute approximate surface area is 92.3 Å². The molecule has 0 amide bonds. The predicted octanol–water partition coefficient (Wildman–Crippen LogP) is 1.87. The van der Waals surface area contributed by atoms with Gasteiger partial charge in [-0.25, -0.2) is 0 Å². The summed E-state index contributed by atoms with van der Waals surface area (Å²) < 4.78 is 0. The zero-order valence-electron chi connectivity index (χ0n) is 9.61. The molecule has 2 nitrogen and oxygen atoms in total. The molecule has 0 saturated carbocycles. The topological polar surface area (TPSA) is 15.3 Å². The van der Waals surface area contributed by atoms with E-state index in [-0.39, 0.29) is 0 Å². The van der Waals surface area contributed by atoms with Gasteiger partial charge in [0.05, 0.1) is 0 Å². The highest BCUT2D eigenvalue weighted by molar-refractivity contribution is 5.14. The van der Waals surface area contributed by atoms with Crippen molar-refractivity contribution < 1.29 is 0 Å². The number of nitrogens with one attached hydrogen (secondary N) is 1. The first kappa shape index (κ1) is 10.7. The van der Waals surface area contributed by atoms with Gasteiger partial charge in [-0.2, -0.15) is 0 Å². The first-order chi connectivity index (χ1) is 7.27. The van der Waals surface area contributed by atoms with Crippen molar-refractivity contribution in [2.24, 2.45) is 0 Å². The first-order valence-corrected chi connectivity index (χ1v) is 5.78. The van der Waals surface area contributed by atoms with E-state index in [1.54, 1.807) is 0 Å². The van der Waals surface area contributed by atoms with Crippen LogP contribution in [0, 0.1) is 0 Å². The maximum absolute atomic E-state index is 3.46. The smallest absolute Gasteiger partial charge is 0.0240 e. The minimum Gasteiger partial charge on any atom is -0.314 e. The molecule has 1 N–H and O–H groups in total. The number of rotatable bonds is 2. The molecule has 2 rings (SSSR count). The van der Waals surface area contributed by atoms with Gasteiger partial charge in [-0.15, -0.1) is 0 Å². The van der Waals surface area contributed by atoms with Gasteiger partial charge in [-0.05, 0) is 19.4 Å². The molecule has 1 aliphatic heterocycles. The molecule has 0 spiro atoms. The molecule has 0 aliphatic carbocycles. The van der Waals surface area contributed by atoms with Crippen molar-refractivity contribution in [2.75, 3.05) is 13.1 Å². The maximum atomic E-state index is 3.46. The second-order valence-corrected chi connectivity index (χ2v) is 4.51. The van der Waals surface area contributed by atoms with Gasteiger partial charge in [0.25, 0.3) is 0 Å². The molecule has 1 unspecified atom stereocenters. The van der Waals surface area contributed by atoms with Gasteiger partial charge in [-0.1, -0.05) is 30.3 Å². The van der Waals surface area contributed by atoms with Crippen LogP contribution in [-0.2, 0) is 6.54 Å². The van der Waals surface area contributed by atoms with Crippen molar-refractivity contribution >= 4 is 0 Å². The normalized spacial score (nSPS) is 27.9.